The normalized spacial score (nSPS) is 30.0. The van der Waals surface area contributed by atoms with Gasteiger partial charge in [0.2, 0.25) is 5.91 Å². The van der Waals surface area contributed by atoms with Crippen LogP contribution in [0.15, 0.2) is 0 Å². The van der Waals surface area contributed by atoms with Gasteiger partial charge in [-0.05, 0) is 30.6 Å². The number of carbonyl (C=O) groups is 1. The highest BCUT2D eigenvalue weighted by atomic mass is 35.5. The van der Waals surface area contributed by atoms with Crippen molar-refractivity contribution < 1.29 is 4.79 Å². The van der Waals surface area contributed by atoms with Crippen molar-refractivity contribution in [3.63, 3.8) is 0 Å². The maximum atomic E-state index is 12.9. The number of nitrogens with zero attached hydrogens (tertiary/aromatic N) is 1. The van der Waals surface area contributed by atoms with Crippen LogP contribution in [0.25, 0.3) is 0 Å². The Morgan fingerprint density at radius 1 is 1.14 bits per heavy atom. The van der Waals surface area contributed by atoms with Gasteiger partial charge in [-0.1, -0.05) is 45.4 Å². The predicted molar refractivity (Wildman–Crippen MR) is 93.3 cm³/mol. The van der Waals surface area contributed by atoms with E-state index in [2.05, 4.69) is 17.1 Å². The molecule has 2 saturated heterocycles. The molecule has 3 rings (SSSR count). The Bertz CT molecular complexity index is 345. The summed E-state index contributed by atoms with van der Waals surface area (Å²) in [6.45, 7) is 6.50. The van der Waals surface area contributed by atoms with E-state index in [4.69, 9.17) is 0 Å². The zero-order valence-corrected chi connectivity index (χ0v) is 14.9. The number of nitrogens with one attached hydrogen (secondary N) is 1. The number of rotatable bonds is 5. The van der Waals surface area contributed by atoms with E-state index in [-0.39, 0.29) is 12.4 Å². The number of likely N-dealkylation sites (tertiary alicyclic amines) is 1. The summed E-state index contributed by atoms with van der Waals surface area (Å²) in [5.74, 6) is 3.07. The predicted octanol–water partition coefficient (Wildman–Crippen LogP) is 3.47. The maximum Gasteiger partial charge on any atom is 0.225 e. The van der Waals surface area contributed by atoms with Gasteiger partial charge >= 0.3 is 0 Å². The van der Waals surface area contributed by atoms with Gasteiger partial charge in [0.1, 0.15) is 0 Å². The number of fused-ring (bicyclic) bond motifs is 1. The van der Waals surface area contributed by atoms with Crippen molar-refractivity contribution in [3.05, 3.63) is 0 Å². The fourth-order valence-corrected chi connectivity index (χ4v) is 4.81. The first-order valence-electron chi connectivity index (χ1n) is 9.27. The highest BCUT2D eigenvalue weighted by molar-refractivity contribution is 5.85. The number of amides is 1. The summed E-state index contributed by atoms with van der Waals surface area (Å²) >= 11 is 0. The minimum atomic E-state index is 0. The van der Waals surface area contributed by atoms with Crippen LogP contribution in [0.2, 0.25) is 0 Å². The van der Waals surface area contributed by atoms with E-state index in [1.807, 2.05) is 0 Å². The lowest BCUT2D eigenvalue weighted by Crippen LogP contribution is -2.37. The lowest BCUT2D eigenvalue weighted by Gasteiger charge is -2.29. The van der Waals surface area contributed by atoms with Crippen LogP contribution in [0.4, 0.5) is 0 Å². The summed E-state index contributed by atoms with van der Waals surface area (Å²) in [5.41, 5.74) is 0. The molecule has 1 N–H and O–H groups in total. The Hall–Kier alpha value is -0.280. The first-order chi connectivity index (χ1) is 10.3. The molecular formula is C18H33ClN2O. The Balaban J connectivity index is 0.00000176. The third-order valence-electron chi connectivity index (χ3n) is 6.03. The van der Waals surface area contributed by atoms with Gasteiger partial charge in [-0.15, -0.1) is 12.4 Å². The van der Waals surface area contributed by atoms with E-state index >= 15 is 0 Å². The molecule has 3 atom stereocenters. The number of carbonyl (C=O) groups excluding carboxylic acids is 1. The smallest absolute Gasteiger partial charge is 0.225 e. The third kappa shape index (κ3) is 4.17. The Morgan fingerprint density at radius 3 is 2.36 bits per heavy atom. The zero-order valence-electron chi connectivity index (χ0n) is 14.1. The molecule has 1 amide bonds. The van der Waals surface area contributed by atoms with Gasteiger partial charge in [-0.2, -0.15) is 0 Å². The summed E-state index contributed by atoms with van der Waals surface area (Å²) < 4.78 is 0. The molecule has 4 heteroatoms. The molecule has 3 fully saturated rings. The average molecular weight is 329 g/mol. The molecule has 22 heavy (non-hydrogen) atoms. The van der Waals surface area contributed by atoms with Gasteiger partial charge in [0, 0.05) is 32.1 Å². The van der Waals surface area contributed by atoms with Crippen LogP contribution in [0, 0.1) is 23.7 Å². The zero-order chi connectivity index (χ0) is 14.7. The molecule has 0 aromatic carbocycles. The van der Waals surface area contributed by atoms with Crippen molar-refractivity contribution in [1.29, 1.82) is 0 Å². The van der Waals surface area contributed by atoms with Gasteiger partial charge in [0.15, 0.2) is 0 Å². The molecule has 0 aromatic rings. The topological polar surface area (TPSA) is 32.3 Å². The van der Waals surface area contributed by atoms with Crippen LogP contribution < -0.4 is 5.32 Å². The number of hydrogen-bond acceptors (Lipinski definition) is 2. The van der Waals surface area contributed by atoms with E-state index in [0.717, 1.165) is 63.2 Å². The summed E-state index contributed by atoms with van der Waals surface area (Å²) in [7, 11) is 0. The molecule has 0 spiro atoms. The van der Waals surface area contributed by atoms with Crippen LogP contribution in [-0.2, 0) is 4.79 Å². The van der Waals surface area contributed by atoms with Crippen molar-refractivity contribution in [2.75, 3.05) is 26.2 Å². The highest BCUT2D eigenvalue weighted by Crippen LogP contribution is 2.33. The summed E-state index contributed by atoms with van der Waals surface area (Å²) in [6.07, 6.45) is 10.3. The van der Waals surface area contributed by atoms with Crippen LogP contribution in [0.5, 0.6) is 0 Å². The molecule has 0 bridgehead atoms. The van der Waals surface area contributed by atoms with Crippen LogP contribution in [-0.4, -0.2) is 37.0 Å². The summed E-state index contributed by atoms with van der Waals surface area (Å²) in [6, 6.07) is 0. The minimum Gasteiger partial charge on any atom is -0.342 e. The van der Waals surface area contributed by atoms with E-state index in [9.17, 15) is 4.79 Å². The largest absolute Gasteiger partial charge is 0.342 e. The Morgan fingerprint density at radius 2 is 1.77 bits per heavy atom. The van der Waals surface area contributed by atoms with Crippen LogP contribution >= 0.6 is 12.4 Å². The molecule has 3 aliphatic rings. The second-order valence-corrected chi connectivity index (χ2v) is 7.65. The molecular weight excluding hydrogens is 296 g/mol. The average Bonchev–Trinajstić information content (AvgIpc) is 3.08. The Labute approximate surface area is 142 Å². The quantitative estimate of drug-likeness (QED) is 0.838. The summed E-state index contributed by atoms with van der Waals surface area (Å²) in [5, 5.41) is 3.47. The third-order valence-corrected chi connectivity index (χ3v) is 6.03. The second-order valence-electron chi connectivity index (χ2n) is 7.65. The van der Waals surface area contributed by atoms with E-state index in [1.54, 1.807) is 0 Å². The summed E-state index contributed by atoms with van der Waals surface area (Å²) in [4.78, 5) is 15.2. The second kappa shape index (κ2) is 8.54. The first-order valence-corrected chi connectivity index (χ1v) is 9.27. The van der Waals surface area contributed by atoms with E-state index in [0.29, 0.717) is 11.8 Å². The standard InChI is InChI=1S/C18H32N2O.ClH/c1-2-6-15(9-14-7-4-3-5-8-14)18(21)20-12-16-10-19-11-17(16)13-20;/h14-17,19H,2-13H2,1H3;1H/t15?,16-,17+;. The lowest BCUT2D eigenvalue weighted by atomic mass is 9.81. The van der Waals surface area contributed by atoms with Crippen LogP contribution in [0.3, 0.4) is 0 Å². The Kier molecular flexibility index (Phi) is 7.01. The number of hydrogen-bond donors (Lipinski definition) is 1. The van der Waals surface area contributed by atoms with E-state index in [1.165, 1.54) is 32.1 Å². The maximum absolute atomic E-state index is 12.9. The molecule has 3 nitrogen and oxygen atoms in total. The van der Waals surface area contributed by atoms with Crippen LogP contribution in [0.1, 0.15) is 58.3 Å². The monoisotopic (exact) mass is 328 g/mol. The van der Waals surface area contributed by atoms with Crippen molar-refractivity contribution in [3.8, 4) is 0 Å². The van der Waals surface area contributed by atoms with E-state index < -0.39 is 0 Å². The van der Waals surface area contributed by atoms with Gasteiger partial charge in [0.25, 0.3) is 0 Å². The lowest BCUT2D eigenvalue weighted by molar-refractivity contribution is -0.135. The van der Waals surface area contributed by atoms with Crippen molar-refractivity contribution in [1.82, 2.24) is 10.2 Å². The van der Waals surface area contributed by atoms with Gasteiger partial charge in [0.05, 0.1) is 0 Å². The van der Waals surface area contributed by atoms with Gasteiger partial charge in [-0.3, -0.25) is 4.79 Å². The highest BCUT2D eigenvalue weighted by Gasteiger charge is 2.39. The van der Waals surface area contributed by atoms with Crippen molar-refractivity contribution in [2.45, 2.75) is 58.3 Å². The number of halogens is 1. The molecule has 2 heterocycles. The first kappa shape index (κ1) is 18.1. The molecule has 0 aromatic heterocycles. The van der Waals surface area contributed by atoms with Gasteiger partial charge < -0.3 is 10.2 Å². The molecule has 2 aliphatic heterocycles. The van der Waals surface area contributed by atoms with Gasteiger partial charge in [-0.25, -0.2) is 0 Å². The van der Waals surface area contributed by atoms with Crippen molar-refractivity contribution >= 4 is 18.3 Å². The molecule has 128 valence electrons. The van der Waals surface area contributed by atoms with Crippen molar-refractivity contribution in [2.24, 2.45) is 23.7 Å². The fourth-order valence-electron chi connectivity index (χ4n) is 4.81. The molecule has 1 unspecified atom stereocenters. The molecule has 1 aliphatic carbocycles. The molecule has 0 radical (unpaired) electrons. The minimum absolute atomic E-state index is 0. The fraction of sp³-hybridized carbons (Fsp3) is 0.944. The molecule has 1 saturated carbocycles. The SMILES string of the molecule is CCCC(CC1CCCCC1)C(=O)N1C[C@H]2CNC[C@H]2C1.Cl.